The molecule has 2 aliphatic heterocycles. The van der Waals surface area contributed by atoms with Crippen LogP contribution in [0.3, 0.4) is 0 Å². The van der Waals surface area contributed by atoms with Gasteiger partial charge in [-0.1, -0.05) is 19.9 Å². The summed E-state index contributed by atoms with van der Waals surface area (Å²) in [5, 5.41) is 7.34. The SMILES string of the molecule is CC1=CC2=C3CCC=C4NCC(=C43)CC2C(C(C)C)N1. The van der Waals surface area contributed by atoms with Crippen LogP contribution < -0.4 is 10.6 Å². The molecule has 2 nitrogen and oxygen atoms in total. The average Bonchev–Trinajstić information content (AvgIpc) is 2.84. The Morgan fingerprint density at radius 2 is 2.15 bits per heavy atom. The molecule has 4 rings (SSSR count). The number of hydrogen-bond acceptors (Lipinski definition) is 2. The standard InChI is InChI=1S/C18H24N2/c1-10(2)18-15-8-12-9-19-16-6-4-5-13(17(12)16)14(15)7-11(3)20-18/h6-7,10,15,18-20H,4-5,8-9H2,1-3H3. The summed E-state index contributed by atoms with van der Waals surface area (Å²) >= 11 is 0. The Labute approximate surface area is 121 Å². The van der Waals surface area contributed by atoms with Crippen LogP contribution >= 0.6 is 0 Å². The maximum absolute atomic E-state index is 3.74. The molecule has 0 spiro atoms. The summed E-state index contributed by atoms with van der Waals surface area (Å²) in [6, 6.07) is 0.589. The Morgan fingerprint density at radius 3 is 2.95 bits per heavy atom. The first-order chi connectivity index (χ1) is 9.65. The van der Waals surface area contributed by atoms with Crippen LogP contribution in [-0.2, 0) is 0 Å². The highest BCUT2D eigenvalue weighted by molar-refractivity contribution is 5.62. The van der Waals surface area contributed by atoms with Crippen LogP contribution in [0.1, 0.15) is 40.0 Å². The van der Waals surface area contributed by atoms with Gasteiger partial charge in [0.25, 0.3) is 0 Å². The van der Waals surface area contributed by atoms with Gasteiger partial charge in [-0.2, -0.15) is 0 Å². The summed E-state index contributed by atoms with van der Waals surface area (Å²) in [6.45, 7) is 7.99. The molecule has 2 N–H and O–H groups in total. The van der Waals surface area contributed by atoms with Gasteiger partial charge in [0.15, 0.2) is 0 Å². The van der Waals surface area contributed by atoms with Crippen LogP contribution in [-0.4, -0.2) is 12.6 Å². The molecule has 0 saturated carbocycles. The molecule has 2 heterocycles. The van der Waals surface area contributed by atoms with E-state index in [0.29, 0.717) is 17.9 Å². The fourth-order valence-corrected chi connectivity index (χ4v) is 4.45. The van der Waals surface area contributed by atoms with E-state index in [-0.39, 0.29) is 0 Å². The van der Waals surface area contributed by atoms with Gasteiger partial charge in [0.05, 0.1) is 0 Å². The Kier molecular flexibility index (Phi) is 2.63. The zero-order valence-corrected chi connectivity index (χ0v) is 12.7. The van der Waals surface area contributed by atoms with Crippen LogP contribution in [0.2, 0.25) is 0 Å². The molecule has 2 atom stereocenters. The molecule has 0 aromatic carbocycles. The second-order valence-corrected chi connectivity index (χ2v) is 6.97. The maximum atomic E-state index is 3.74. The van der Waals surface area contributed by atoms with E-state index in [4.69, 9.17) is 0 Å². The number of allylic oxidation sites excluding steroid dienone is 4. The predicted molar refractivity (Wildman–Crippen MR) is 83.0 cm³/mol. The molecule has 0 amide bonds. The van der Waals surface area contributed by atoms with E-state index in [1.807, 2.05) is 0 Å². The van der Waals surface area contributed by atoms with Crippen LogP contribution in [0.4, 0.5) is 0 Å². The van der Waals surface area contributed by atoms with Gasteiger partial charge in [0.2, 0.25) is 0 Å². The lowest BCUT2D eigenvalue weighted by Crippen LogP contribution is -2.44. The topological polar surface area (TPSA) is 24.1 Å². The predicted octanol–water partition coefficient (Wildman–Crippen LogP) is 3.41. The van der Waals surface area contributed by atoms with Crippen LogP contribution in [0.25, 0.3) is 0 Å². The Morgan fingerprint density at radius 1 is 1.30 bits per heavy atom. The summed E-state index contributed by atoms with van der Waals surface area (Å²) in [4.78, 5) is 0. The first-order valence-electron chi connectivity index (χ1n) is 8.00. The van der Waals surface area contributed by atoms with E-state index in [0.717, 1.165) is 6.54 Å². The average molecular weight is 268 g/mol. The molecule has 0 bridgehead atoms. The number of nitrogens with one attached hydrogen (secondary N) is 2. The van der Waals surface area contributed by atoms with Crippen molar-refractivity contribution in [3.63, 3.8) is 0 Å². The van der Waals surface area contributed by atoms with E-state index < -0.39 is 0 Å². The molecule has 2 aliphatic carbocycles. The minimum atomic E-state index is 0.589. The Balaban J connectivity index is 1.87. The molecule has 0 aromatic heterocycles. The zero-order chi connectivity index (χ0) is 13.9. The third-order valence-corrected chi connectivity index (χ3v) is 5.29. The fraction of sp³-hybridized carbons (Fsp3) is 0.556. The van der Waals surface area contributed by atoms with E-state index in [1.54, 1.807) is 22.3 Å². The number of hydrogen-bond donors (Lipinski definition) is 2. The van der Waals surface area contributed by atoms with Crippen molar-refractivity contribution in [2.75, 3.05) is 6.54 Å². The Bertz CT molecular complexity index is 587. The lowest BCUT2D eigenvalue weighted by molar-refractivity contribution is 0.319. The van der Waals surface area contributed by atoms with Gasteiger partial charge in [0, 0.05) is 35.5 Å². The minimum absolute atomic E-state index is 0.589. The highest BCUT2D eigenvalue weighted by atomic mass is 15.0. The molecule has 0 saturated heterocycles. The van der Waals surface area contributed by atoms with Crippen LogP contribution in [0.15, 0.2) is 45.8 Å². The van der Waals surface area contributed by atoms with Crippen molar-refractivity contribution in [2.24, 2.45) is 11.8 Å². The molecular formula is C18H24N2. The van der Waals surface area contributed by atoms with Crippen molar-refractivity contribution in [3.05, 3.63) is 45.8 Å². The summed E-state index contributed by atoms with van der Waals surface area (Å²) in [6.07, 6.45) is 8.47. The lowest BCUT2D eigenvalue weighted by atomic mass is 9.69. The Hall–Kier alpha value is -1.44. The molecule has 0 fully saturated rings. The summed E-state index contributed by atoms with van der Waals surface area (Å²) < 4.78 is 0. The third-order valence-electron chi connectivity index (χ3n) is 5.29. The summed E-state index contributed by atoms with van der Waals surface area (Å²) in [7, 11) is 0. The molecular weight excluding hydrogens is 244 g/mol. The molecule has 2 unspecified atom stereocenters. The van der Waals surface area contributed by atoms with E-state index in [1.165, 1.54) is 30.7 Å². The minimum Gasteiger partial charge on any atom is -0.385 e. The van der Waals surface area contributed by atoms with Crippen molar-refractivity contribution in [3.8, 4) is 0 Å². The van der Waals surface area contributed by atoms with Crippen LogP contribution in [0, 0.1) is 11.8 Å². The van der Waals surface area contributed by atoms with Gasteiger partial charge in [-0.05, 0) is 54.9 Å². The van der Waals surface area contributed by atoms with Crippen molar-refractivity contribution in [2.45, 2.75) is 46.1 Å². The lowest BCUT2D eigenvalue weighted by Gasteiger charge is -2.41. The first-order valence-corrected chi connectivity index (χ1v) is 8.00. The molecule has 0 aromatic rings. The largest absolute Gasteiger partial charge is 0.385 e. The van der Waals surface area contributed by atoms with Crippen molar-refractivity contribution in [1.29, 1.82) is 0 Å². The second kappa shape index (κ2) is 4.28. The molecule has 0 radical (unpaired) electrons. The van der Waals surface area contributed by atoms with Crippen molar-refractivity contribution < 1.29 is 0 Å². The monoisotopic (exact) mass is 268 g/mol. The van der Waals surface area contributed by atoms with Crippen LogP contribution in [0.5, 0.6) is 0 Å². The van der Waals surface area contributed by atoms with E-state index in [2.05, 4.69) is 43.6 Å². The number of rotatable bonds is 1. The number of fused-ring (bicyclic) bond motifs is 1. The van der Waals surface area contributed by atoms with Crippen molar-refractivity contribution >= 4 is 0 Å². The molecule has 2 heteroatoms. The third kappa shape index (κ3) is 1.63. The highest BCUT2D eigenvalue weighted by Crippen LogP contribution is 2.47. The van der Waals surface area contributed by atoms with E-state index in [9.17, 15) is 0 Å². The van der Waals surface area contributed by atoms with Crippen molar-refractivity contribution in [1.82, 2.24) is 10.6 Å². The zero-order valence-electron chi connectivity index (χ0n) is 12.7. The molecule has 4 aliphatic rings. The van der Waals surface area contributed by atoms with Gasteiger partial charge in [-0.15, -0.1) is 0 Å². The first kappa shape index (κ1) is 12.3. The summed E-state index contributed by atoms with van der Waals surface area (Å²) in [5.74, 6) is 1.35. The summed E-state index contributed by atoms with van der Waals surface area (Å²) in [5.41, 5.74) is 9.26. The quantitative estimate of drug-likeness (QED) is 0.761. The normalized spacial score (nSPS) is 31.4. The van der Waals surface area contributed by atoms with Gasteiger partial charge in [0.1, 0.15) is 0 Å². The van der Waals surface area contributed by atoms with E-state index >= 15 is 0 Å². The van der Waals surface area contributed by atoms with Gasteiger partial charge < -0.3 is 10.6 Å². The smallest absolute Gasteiger partial charge is 0.0379 e. The molecule has 20 heavy (non-hydrogen) atoms. The maximum Gasteiger partial charge on any atom is 0.0379 e. The molecule has 106 valence electrons. The second-order valence-electron chi connectivity index (χ2n) is 6.97. The van der Waals surface area contributed by atoms with Gasteiger partial charge in [-0.3, -0.25) is 0 Å². The highest BCUT2D eigenvalue weighted by Gasteiger charge is 2.39. The van der Waals surface area contributed by atoms with Gasteiger partial charge >= 0.3 is 0 Å². The van der Waals surface area contributed by atoms with Gasteiger partial charge in [-0.25, -0.2) is 0 Å². The fourth-order valence-electron chi connectivity index (χ4n) is 4.45.